The molecule has 0 fully saturated rings. The standard InChI is InChI=1S/C9H7NO.3C7H7.Ti/c11-8-5-1-3-7-4-2-6-10-9(7)8;3*1-7-5-3-2-4-6-7;/h1-6,11H;3*2-6H,1H2;/q;;;;+1/p-1. The first-order valence-corrected chi connectivity index (χ1v) is 15.4. The Morgan fingerprint density at radius 2 is 1.00 bits per heavy atom. The third-order valence-electron chi connectivity index (χ3n) is 6.03. The van der Waals surface area contributed by atoms with Gasteiger partial charge >= 0.3 is 200 Å². The van der Waals surface area contributed by atoms with E-state index < -0.39 is 17.0 Å². The number of hydrogen-bond acceptors (Lipinski definition) is 2. The van der Waals surface area contributed by atoms with Crippen molar-refractivity contribution in [3.8, 4) is 5.75 Å². The van der Waals surface area contributed by atoms with Gasteiger partial charge in [0.2, 0.25) is 0 Å². The molecule has 0 radical (unpaired) electrons. The molecule has 5 aromatic rings. The molecule has 5 rings (SSSR count). The summed E-state index contributed by atoms with van der Waals surface area (Å²) < 4.78 is 10.2. The van der Waals surface area contributed by atoms with Crippen molar-refractivity contribution in [2.75, 3.05) is 0 Å². The molecule has 0 unspecified atom stereocenters. The van der Waals surface area contributed by atoms with Crippen molar-refractivity contribution in [3.63, 3.8) is 0 Å². The topological polar surface area (TPSA) is 22.1 Å². The summed E-state index contributed by atoms with van der Waals surface area (Å²) in [4.78, 5) is 4.69. The third kappa shape index (κ3) is 5.42. The van der Waals surface area contributed by atoms with Crippen LogP contribution < -0.4 is 3.32 Å². The van der Waals surface area contributed by atoms with Gasteiger partial charge in [-0.15, -0.1) is 0 Å². The molecule has 4 aromatic carbocycles. The molecule has 0 spiro atoms. The number of rotatable bonds is 8. The molecule has 0 aliphatic heterocycles. The van der Waals surface area contributed by atoms with Gasteiger partial charge in [0, 0.05) is 0 Å². The zero-order valence-electron chi connectivity index (χ0n) is 18.6. The normalized spacial score (nSPS) is 11.4. The van der Waals surface area contributed by atoms with Gasteiger partial charge in [-0.05, 0) is 0 Å². The van der Waals surface area contributed by atoms with Crippen LogP contribution in [-0.2, 0) is 31.2 Å². The Bertz CT molecular complexity index is 1200. The van der Waals surface area contributed by atoms with Gasteiger partial charge in [0.15, 0.2) is 0 Å². The van der Waals surface area contributed by atoms with Crippen LogP contribution in [0.2, 0.25) is 0 Å². The van der Waals surface area contributed by atoms with Crippen LogP contribution in [0.15, 0.2) is 128 Å². The van der Waals surface area contributed by atoms with Crippen molar-refractivity contribution in [3.05, 3.63) is 144 Å². The van der Waals surface area contributed by atoms with Gasteiger partial charge in [-0.2, -0.15) is 0 Å². The first-order valence-electron chi connectivity index (χ1n) is 11.4. The molecule has 1 heterocycles. The van der Waals surface area contributed by atoms with Crippen LogP contribution in [0.3, 0.4) is 0 Å². The van der Waals surface area contributed by atoms with E-state index in [2.05, 4.69) is 115 Å². The Morgan fingerprint density at radius 1 is 0.515 bits per heavy atom. The summed E-state index contributed by atoms with van der Waals surface area (Å²) in [6.45, 7) is 0. The van der Waals surface area contributed by atoms with Crippen molar-refractivity contribution in [1.29, 1.82) is 0 Å². The van der Waals surface area contributed by atoms with E-state index in [1.807, 2.05) is 12.3 Å². The molecule has 0 atom stereocenters. The Balaban J connectivity index is 1.63. The summed E-state index contributed by atoms with van der Waals surface area (Å²) in [5.74, 6) is 0.913. The number of nitrogens with zero attached hydrogens (tertiary/aromatic N) is 1. The Kier molecular flexibility index (Phi) is 6.67. The summed E-state index contributed by atoms with van der Waals surface area (Å²) in [6, 6.07) is 42.8. The molecule has 2 nitrogen and oxygen atoms in total. The van der Waals surface area contributed by atoms with Gasteiger partial charge < -0.3 is 0 Å². The maximum atomic E-state index is 7.25. The van der Waals surface area contributed by atoms with E-state index in [9.17, 15) is 0 Å². The van der Waals surface area contributed by atoms with E-state index in [1.165, 1.54) is 16.7 Å². The summed E-state index contributed by atoms with van der Waals surface area (Å²) in [7, 11) is 0. The quantitative estimate of drug-likeness (QED) is 0.225. The Labute approximate surface area is 199 Å². The van der Waals surface area contributed by atoms with Crippen LogP contribution in [-0.4, -0.2) is 4.98 Å². The van der Waals surface area contributed by atoms with Crippen LogP contribution in [0.1, 0.15) is 16.7 Å². The molecule has 0 aliphatic carbocycles. The molecular formula is C30H27NOTi. The van der Waals surface area contributed by atoms with E-state index in [1.54, 1.807) is 0 Å². The molecule has 162 valence electrons. The van der Waals surface area contributed by atoms with E-state index >= 15 is 0 Å². The molecule has 1 aromatic heterocycles. The van der Waals surface area contributed by atoms with Gasteiger partial charge in [0.1, 0.15) is 0 Å². The fraction of sp³-hybridized carbons (Fsp3) is 0.100. The van der Waals surface area contributed by atoms with Crippen LogP contribution in [0, 0.1) is 0 Å². The van der Waals surface area contributed by atoms with Crippen LogP contribution >= 0.6 is 0 Å². The fourth-order valence-corrected chi connectivity index (χ4v) is 11.1. The zero-order valence-corrected chi connectivity index (χ0v) is 20.2. The summed E-state index contributed by atoms with van der Waals surface area (Å²) in [5.41, 5.74) is 4.98. The van der Waals surface area contributed by atoms with Crippen molar-refractivity contribution >= 4 is 10.9 Å². The second-order valence-corrected chi connectivity index (χ2v) is 14.3. The van der Waals surface area contributed by atoms with Crippen molar-refractivity contribution in [1.82, 2.24) is 4.98 Å². The number of benzene rings is 4. The molecule has 0 amide bonds. The molecule has 0 bridgehead atoms. The second-order valence-electron chi connectivity index (χ2n) is 8.60. The van der Waals surface area contributed by atoms with Gasteiger partial charge in [0.25, 0.3) is 0 Å². The zero-order chi connectivity index (χ0) is 22.3. The Morgan fingerprint density at radius 3 is 1.52 bits per heavy atom. The van der Waals surface area contributed by atoms with Crippen molar-refractivity contribution in [2.45, 2.75) is 14.2 Å². The monoisotopic (exact) mass is 465 g/mol. The van der Waals surface area contributed by atoms with Crippen molar-refractivity contribution in [2.24, 2.45) is 0 Å². The van der Waals surface area contributed by atoms with Gasteiger partial charge in [-0.25, -0.2) is 0 Å². The molecule has 3 heteroatoms. The predicted molar refractivity (Wildman–Crippen MR) is 133 cm³/mol. The van der Waals surface area contributed by atoms with Crippen LogP contribution in [0.25, 0.3) is 10.9 Å². The Hall–Kier alpha value is -3.20. The summed E-state index contributed by atoms with van der Waals surface area (Å²) in [6.07, 6.45) is 1.86. The van der Waals surface area contributed by atoms with E-state index in [0.717, 1.165) is 30.8 Å². The van der Waals surface area contributed by atoms with Crippen LogP contribution in [0.4, 0.5) is 0 Å². The SMILES string of the molecule is c1ccc([CH2][Ti]([CH2]c2ccccc2)([CH2]c2ccccc2)[O]c2cccc3cccnc23)cc1. The number of aromatic nitrogens is 1. The average Bonchev–Trinajstić information content (AvgIpc) is 2.86. The van der Waals surface area contributed by atoms with Gasteiger partial charge in [-0.1, -0.05) is 0 Å². The van der Waals surface area contributed by atoms with E-state index in [0.29, 0.717) is 0 Å². The first kappa shape index (κ1) is 21.6. The van der Waals surface area contributed by atoms with Gasteiger partial charge in [-0.3, -0.25) is 0 Å². The molecule has 0 N–H and O–H groups in total. The molecular weight excluding hydrogens is 438 g/mol. The summed E-state index contributed by atoms with van der Waals surface area (Å²) >= 11 is -3.09. The molecule has 0 aliphatic rings. The minimum atomic E-state index is -3.09. The predicted octanol–water partition coefficient (Wildman–Crippen LogP) is 7.28. The maximum absolute atomic E-state index is 7.25. The van der Waals surface area contributed by atoms with E-state index in [-0.39, 0.29) is 0 Å². The van der Waals surface area contributed by atoms with Gasteiger partial charge in [0.05, 0.1) is 0 Å². The molecule has 0 saturated heterocycles. The van der Waals surface area contributed by atoms with Crippen molar-refractivity contribution < 1.29 is 20.3 Å². The molecule has 0 saturated carbocycles. The number of para-hydroxylation sites is 1. The summed E-state index contributed by atoms with van der Waals surface area (Å²) in [5, 5.41) is 1.12. The third-order valence-corrected chi connectivity index (χ3v) is 12.0. The fourth-order valence-electron chi connectivity index (χ4n) is 4.59. The molecule has 33 heavy (non-hydrogen) atoms. The number of hydrogen-bond donors (Lipinski definition) is 0. The minimum absolute atomic E-state index is 0.913. The number of fused-ring (bicyclic) bond motifs is 1. The number of pyridine rings is 1. The second kappa shape index (κ2) is 10.2. The first-order chi connectivity index (χ1) is 16.3. The van der Waals surface area contributed by atoms with E-state index in [4.69, 9.17) is 8.30 Å². The van der Waals surface area contributed by atoms with Crippen LogP contribution in [0.5, 0.6) is 5.75 Å². The average molecular weight is 465 g/mol.